The molecule has 35 heavy (non-hydrogen) atoms. The normalized spacial score (nSPS) is 18.6. The van der Waals surface area contributed by atoms with Crippen LogP contribution in [0.25, 0.3) is 11.1 Å². The summed E-state index contributed by atoms with van der Waals surface area (Å²) in [5, 5.41) is 5.51. The highest BCUT2D eigenvalue weighted by Crippen LogP contribution is 2.45. The molecule has 2 N–H and O–H groups in total. The van der Waals surface area contributed by atoms with Gasteiger partial charge in [-0.1, -0.05) is 6.07 Å². The van der Waals surface area contributed by atoms with E-state index in [1.54, 1.807) is 51.2 Å². The van der Waals surface area contributed by atoms with Gasteiger partial charge in [-0.15, -0.1) is 0 Å². The number of carbonyl (C=O) groups excluding carboxylic acids is 3. The molecule has 2 fully saturated rings. The number of halogens is 1. The molecule has 1 aromatic heterocycles. The Balaban J connectivity index is 1.44. The molecule has 1 atom stereocenters. The molecule has 1 aromatic carbocycles. The summed E-state index contributed by atoms with van der Waals surface area (Å²) in [5.74, 6) is -0.731. The molecule has 186 valence electrons. The molecule has 1 aliphatic carbocycles. The van der Waals surface area contributed by atoms with Gasteiger partial charge in [0.2, 0.25) is 5.91 Å². The fraction of sp³-hybridized carbons (Fsp3) is 0.440. The lowest BCUT2D eigenvalue weighted by molar-refractivity contribution is -0.119. The Morgan fingerprint density at radius 3 is 2.57 bits per heavy atom. The number of hydrogen-bond donors (Lipinski definition) is 2. The number of carbonyl (C=O) groups is 3. The van der Waals surface area contributed by atoms with Gasteiger partial charge in [-0.25, -0.2) is 14.0 Å². The van der Waals surface area contributed by atoms with Crippen molar-refractivity contribution in [2.24, 2.45) is 0 Å². The van der Waals surface area contributed by atoms with Crippen LogP contribution in [0.2, 0.25) is 0 Å². The number of pyridine rings is 1. The molecule has 3 amide bonds. The second kappa shape index (κ2) is 9.16. The fourth-order valence-corrected chi connectivity index (χ4v) is 3.91. The van der Waals surface area contributed by atoms with E-state index in [1.807, 2.05) is 0 Å². The van der Waals surface area contributed by atoms with Crippen LogP contribution in [0.1, 0.15) is 46.2 Å². The highest BCUT2D eigenvalue weighted by Gasteiger charge is 2.48. The second-order valence-electron chi connectivity index (χ2n) is 9.86. The van der Waals surface area contributed by atoms with E-state index in [9.17, 15) is 14.4 Å². The van der Waals surface area contributed by atoms with Crippen molar-refractivity contribution in [3.63, 3.8) is 0 Å². The Labute approximate surface area is 203 Å². The molecule has 0 radical (unpaired) electrons. The lowest BCUT2D eigenvalue weighted by Crippen LogP contribution is -2.39. The molecule has 0 spiro atoms. The highest BCUT2D eigenvalue weighted by atomic mass is 19.1. The molecule has 10 heteroatoms. The number of aromatic nitrogens is 1. The number of rotatable bonds is 6. The Morgan fingerprint density at radius 2 is 2.00 bits per heavy atom. The van der Waals surface area contributed by atoms with E-state index in [4.69, 9.17) is 9.47 Å². The summed E-state index contributed by atoms with van der Waals surface area (Å²) >= 11 is 0. The monoisotopic (exact) mass is 484 g/mol. The summed E-state index contributed by atoms with van der Waals surface area (Å²) in [5.41, 5.74) is 0.796. The average molecular weight is 485 g/mol. The first-order chi connectivity index (χ1) is 16.5. The van der Waals surface area contributed by atoms with Crippen molar-refractivity contribution in [3.05, 3.63) is 48.0 Å². The Kier molecular flexibility index (Phi) is 6.40. The third-order valence-electron chi connectivity index (χ3n) is 5.77. The third kappa shape index (κ3) is 5.70. The number of cyclic esters (lactones) is 1. The maximum atomic E-state index is 15.0. The zero-order valence-electron chi connectivity index (χ0n) is 20.2. The number of anilines is 1. The predicted molar refractivity (Wildman–Crippen MR) is 126 cm³/mol. The van der Waals surface area contributed by atoms with E-state index in [1.165, 1.54) is 17.9 Å². The standard InChI is InChI=1S/C25H29FN4O5/c1-15(31)27-13-18-14-30(23(33)34-18)17-6-7-19(20(26)11-17)16-5-8-21(28-12-16)25(9-10-25)29-22(32)35-24(2,3)4/h5-8,11-12,18H,9-10,13-14H2,1-4H3,(H,27,31)(H,29,32). The van der Waals surface area contributed by atoms with Crippen molar-refractivity contribution in [1.29, 1.82) is 0 Å². The molecule has 0 bridgehead atoms. The number of ether oxygens (including phenoxy) is 2. The zero-order chi connectivity index (χ0) is 25.4. The van der Waals surface area contributed by atoms with Crippen LogP contribution in [-0.4, -0.2) is 47.9 Å². The largest absolute Gasteiger partial charge is 0.444 e. The average Bonchev–Trinajstić information content (AvgIpc) is 3.44. The van der Waals surface area contributed by atoms with Crippen molar-refractivity contribution >= 4 is 23.8 Å². The lowest BCUT2D eigenvalue weighted by Gasteiger charge is -2.23. The minimum atomic E-state index is -0.598. The molecule has 1 aliphatic heterocycles. The predicted octanol–water partition coefficient (Wildman–Crippen LogP) is 3.86. The maximum absolute atomic E-state index is 15.0. The summed E-state index contributed by atoms with van der Waals surface area (Å²) in [6.45, 7) is 7.19. The van der Waals surface area contributed by atoms with Crippen molar-refractivity contribution in [3.8, 4) is 11.1 Å². The van der Waals surface area contributed by atoms with Gasteiger partial charge in [0.1, 0.15) is 17.5 Å². The van der Waals surface area contributed by atoms with Crippen LogP contribution >= 0.6 is 0 Å². The van der Waals surface area contributed by atoms with Gasteiger partial charge < -0.3 is 20.1 Å². The molecule has 1 saturated heterocycles. The van der Waals surface area contributed by atoms with Gasteiger partial charge in [-0.05, 0) is 57.9 Å². The summed E-state index contributed by atoms with van der Waals surface area (Å²) in [7, 11) is 0. The summed E-state index contributed by atoms with van der Waals surface area (Å²) < 4.78 is 25.6. The minimum absolute atomic E-state index is 0.195. The Bertz CT molecular complexity index is 1140. The molecule has 4 rings (SSSR count). The van der Waals surface area contributed by atoms with Gasteiger partial charge in [0, 0.05) is 24.2 Å². The van der Waals surface area contributed by atoms with Crippen LogP contribution in [0, 0.1) is 5.82 Å². The smallest absolute Gasteiger partial charge is 0.414 e. The Morgan fingerprint density at radius 1 is 1.26 bits per heavy atom. The molecule has 2 aliphatic rings. The van der Waals surface area contributed by atoms with E-state index >= 15 is 4.39 Å². The number of alkyl carbamates (subject to hydrolysis) is 1. The maximum Gasteiger partial charge on any atom is 0.414 e. The van der Waals surface area contributed by atoms with Gasteiger partial charge in [-0.2, -0.15) is 0 Å². The first kappa shape index (κ1) is 24.4. The van der Waals surface area contributed by atoms with Crippen LogP contribution < -0.4 is 15.5 Å². The highest BCUT2D eigenvalue weighted by molar-refractivity contribution is 5.90. The van der Waals surface area contributed by atoms with Crippen LogP contribution in [-0.2, 0) is 19.8 Å². The number of nitrogens with zero attached hydrogens (tertiary/aromatic N) is 2. The van der Waals surface area contributed by atoms with Crippen molar-refractivity contribution in [1.82, 2.24) is 15.6 Å². The van der Waals surface area contributed by atoms with Crippen LogP contribution in [0.5, 0.6) is 0 Å². The Hall–Kier alpha value is -3.69. The van der Waals surface area contributed by atoms with E-state index in [0.29, 0.717) is 22.5 Å². The zero-order valence-corrected chi connectivity index (χ0v) is 20.2. The van der Waals surface area contributed by atoms with E-state index in [0.717, 1.165) is 12.8 Å². The van der Waals surface area contributed by atoms with Gasteiger partial charge in [0.05, 0.1) is 30.0 Å². The van der Waals surface area contributed by atoms with Crippen molar-refractivity contribution in [2.75, 3.05) is 18.0 Å². The second-order valence-corrected chi connectivity index (χ2v) is 9.86. The molecule has 2 aromatic rings. The molecule has 2 heterocycles. The number of nitrogens with one attached hydrogen (secondary N) is 2. The molecule has 1 unspecified atom stereocenters. The third-order valence-corrected chi connectivity index (χ3v) is 5.77. The van der Waals surface area contributed by atoms with Crippen molar-refractivity contribution < 1.29 is 28.2 Å². The molecule has 9 nitrogen and oxygen atoms in total. The van der Waals surface area contributed by atoms with Crippen LogP contribution in [0.15, 0.2) is 36.5 Å². The molecular formula is C25H29FN4O5. The number of amides is 3. The van der Waals surface area contributed by atoms with Crippen LogP contribution in [0.3, 0.4) is 0 Å². The van der Waals surface area contributed by atoms with Crippen LogP contribution in [0.4, 0.5) is 19.7 Å². The number of benzene rings is 1. The van der Waals surface area contributed by atoms with Gasteiger partial charge in [-0.3, -0.25) is 14.7 Å². The summed E-state index contributed by atoms with van der Waals surface area (Å²) in [6, 6.07) is 8.03. The van der Waals surface area contributed by atoms with Gasteiger partial charge in [0.25, 0.3) is 0 Å². The van der Waals surface area contributed by atoms with E-state index in [2.05, 4.69) is 15.6 Å². The topological polar surface area (TPSA) is 110 Å². The molecule has 1 saturated carbocycles. The van der Waals surface area contributed by atoms with Crippen molar-refractivity contribution in [2.45, 2.75) is 57.8 Å². The first-order valence-corrected chi connectivity index (χ1v) is 11.5. The SMILES string of the molecule is CC(=O)NCC1CN(c2ccc(-c3ccc(C4(NC(=O)OC(C)(C)C)CC4)nc3)c(F)c2)C(=O)O1. The van der Waals surface area contributed by atoms with Gasteiger partial charge in [0.15, 0.2) is 0 Å². The van der Waals surface area contributed by atoms with Gasteiger partial charge >= 0.3 is 12.2 Å². The summed E-state index contributed by atoms with van der Waals surface area (Å²) in [4.78, 5) is 41.3. The fourth-order valence-electron chi connectivity index (χ4n) is 3.91. The summed E-state index contributed by atoms with van der Waals surface area (Å²) in [6.07, 6.45) is 1.47. The number of hydrogen-bond acceptors (Lipinski definition) is 6. The van der Waals surface area contributed by atoms with E-state index in [-0.39, 0.29) is 19.0 Å². The molecular weight excluding hydrogens is 455 g/mol. The van der Waals surface area contributed by atoms with E-state index < -0.39 is 35.2 Å². The quantitative estimate of drug-likeness (QED) is 0.644. The lowest BCUT2D eigenvalue weighted by atomic mass is 10.0. The first-order valence-electron chi connectivity index (χ1n) is 11.5. The minimum Gasteiger partial charge on any atom is -0.444 e.